The fourth-order valence-corrected chi connectivity index (χ4v) is 3.23. The topological polar surface area (TPSA) is 0 Å². The van der Waals surface area contributed by atoms with Gasteiger partial charge in [0, 0.05) is 5.92 Å². The van der Waals surface area contributed by atoms with E-state index in [1.54, 1.807) is 0 Å². The largest absolute Gasteiger partial charge is 0.137 e. The lowest BCUT2D eigenvalue weighted by Crippen LogP contribution is -2.08. The van der Waals surface area contributed by atoms with Crippen molar-refractivity contribution in [1.82, 2.24) is 0 Å². The van der Waals surface area contributed by atoms with Gasteiger partial charge >= 0.3 is 0 Å². The second-order valence-electron chi connectivity index (χ2n) is 5.37. The third-order valence-electron chi connectivity index (χ3n) is 4.28. The van der Waals surface area contributed by atoms with Gasteiger partial charge in [0.05, 0.1) is 0 Å². The fourth-order valence-electron chi connectivity index (χ4n) is 2.72. The molecule has 0 bridgehead atoms. The van der Waals surface area contributed by atoms with Crippen molar-refractivity contribution in [2.24, 2.45) is 0 Å². The maximum Gasteiger partial charge on any atom is 0.0129 e. The van der Waals surface area contributed by atoms with Gasteiger partial charge in [-0.3, -0.25) is 0 Å². The lowest BCUT2D eigenvalue weighted by atomic mass is 9.85. The minimum atomic E-state index is 0.477. The molecule has 0 saturated carbocycles. The Balaban J connectivity index is 2.57. The van der Waals surface area contributed by atoms with Crippen LogP contribution in [0.4, 0.5) is 0 Å². The van der Waals surface area contributed by atoms with Crippen LogP contribution in [0, 0.1) is 27.7 Å². The van der Waals surface area contributed by atoms with Crippen LogP contribution in [0.25, 0.3) is 0 Å². The number of hydrogen-bond acceptors (Lipinski definition) is 0. The summed E-state index contributed by atoms with van der Waals surface area (Å²) in [6.07, 6.45) is 1.06. The lowest BCUT2D eigenvalue weighted by molar-refractivity contribution is 0.905. The molecule has 2 aromatic carbocycles. The summed E-state index contributed by atoms with van der Waals surface area (Å²) in [5.74, 6) is 0.477. The summed E-state index contributed by atoms with van der Waals surface area (Å²) in [4.78, 5) is 0. The molecule has 1 heteroatoms. The summed E-state index contributed by atoms with van der Waals surface area (Å²) >= 11 is 0. The van der Waals surface area contributed by atoms with Crippen molar-refractivity contribution in [1.29, 1.82) is 0 Å². The van der Waals surface area contributed by atoms with Gasteiger partial charge in [0.2, 0.25) is 0 Å². The maximum absolute atomic E-state index is 2.92. The van der Waals surface area contributed by atoms with Crippen molar-refractivity contribution in [2.75, 3.05) is 6.16 Å². The van der Waals surface area contributed by atoms with Gasteiger partial charge in [-0.2, -0.15) is 0 Å². The Hall–Kier alpha value is -1.13. The zero-order valence-corrected chi connectivity index (χ0v) is 13.5. The summed E-state index contributed by atoms with van der Waals surface area (Å²) in [5, 5.41) is 0. The first-order valence-electron chi connectivity index (χ1n) is 6.88. The standard InChI is InChI=1S/C18H23P/c1-12-7-5-9-16(14(12)3)18(11-19)17-10-6-8-13(2)15(17)4/h5-10,18H,11,19H2,1-4H3. The molecule has 0 nitrogen and oxygen atoms in total. The predicted octanol–water partition coefficient (Wildman–Crippen LogP) is 4.93. The van der Waals surface area contributed by atoms with Crippen LogP contribution in [0.1, 0.15) is 39.3 Å². The van der Waals surface area contributed by atoms with Gasteiger partial charge in [-0.25, -0.2) is 0 Å². The van der Waals surface area contributed by atoms with E-state index in [1.165, 1.54) is 33.4 Å². The highest BCUT2D eigenvalue weighted by Crippen LogP contribution is 2.32. The monoisotopic (exact) mass is 270 g/mol. The van der Waals surface area contributed by atoms with Crippen molar-refractivity contribution >= 4 is 9.24 Å². The summed E-state index contributed by atoms with van der Waals surface area (Å²) < 4.78 is 0. The molecule has 100 valence electrons. The van der Waals surface area contributed by atoms with Crippen molar-refractivity contribution in [3.8, 4) is 0 Å². The Labute approximate surface area is 119 Å². The van der Waals surface area contributed by atoms with Crippen LogP contribution >= 0.6 is 9.24 Å². The highest BCUT2D eigenvalue weighted by Gasteiger charge is 2.17. The van der Waals surface area contributed by atoms with E-state index in [0.717, 1.165) is 6.16 Å². The Morgan fingerprint density at radius 2 is 1.21 bits per heavy atom. The molecule has 0 amide bonds. The van der Waals surface area contributed by atoms with E-state index in [2.05, 4.69) is 73.3 Å². The second-order valence-corrected chi connectivity index (χ2v) is 5.84. The Morgan fingerprint density at radius 3 is 1.58 bits per heavy atom. The average molecular weight is 270 g/mol. The number of rotatable bonds is 3. The van der Waals surface area contributed by atoms with Crippen LogP contribution in [0.15, 0.2) is 36.4 Å². The zero-order chi connectivity index (χ0) is 14.0. The first-order valence-corrected chi connectivity index (χ1v) is 7.70. The number of benzene rings is 2. The molecule has 0 aliphatic carbocycles. The molecular formula is C18H23P. The number of aryl methyl sites for hydroxylation is 2. The highest BCUT2D eigenvalue weighted by molar-refractivity contribution is 7.16. The molecule has 0 radical (unpaired) electrons. The summed E-state index contributed by atoms with van der Waals surface area (Å²) in [5.41, 5.74) is 8.54. The smallest absolute Gasteiger partial charge is 0.0129 e. The molecule has 0 fully saturated rings. The molecule has 1 atom stereocenters. The van der Waals surface area contributed by atoms with E-state index >= 15 is 0 Å². The van der Waals surface area contributed by atoms with Gasteiger partial charge < -0.3 is 0 Å². The zero-order valence-electron chi connectivity index (χ0n) is 12.3. The molecule has 0 N–H and O–H groups in total. The Morgan fingerprint density at radius 1 is 0.789 bits per heavy atom. The van der Waals surface area contributed by atoms with Crippen LogP contribution in [0.5, 0.6) is 0 Å². The molecule has 1 unspecified atom stereocenters. The third-order valence-corrected chi connectivity index (χ3v) is 4.75. The third kappa shape index (κ3) is 2.74. The first-order chi connectivity index (χ1) is 9.06. The lowest BCUT2D eigenvalue weighted by Gasteiger charge is -2.22. The van der Waals surface area contributed by atoms with Crippen LogP contribution in [-0.4, -0.2) is 6.16 Å². The SMILES string of the molecule is Cc1cccc(C(CP)c2cccc(C)c2C)c1C. The van der Waals surface area contributed by atoms with Crippen molar-refractivity contribution < 1.29 is 0 Å². The van der Waals surface area contributed by atoms with Crippen LogP contribution in [-0.2, 0) is 0 Å². The Kier molecular flexibility index (Phi) is 4.42. The van der Waals surface area contributed by atoms with Gasteiger partial charge in [0.1, 0.15) is 0 Å². The van der Waals surface area contributed by atoms with Crippen molar-refractivity contribution in [3.05, 3.63) is 69.8 Å². The number of hydrogen-bond donors (Lipinski definition) is 0. The molecule has 2 rings (SSSR count). The van der Waals surface area contributed by atoms with E-state index < -0.39 is 0 Å². The molecule has 2 aromatic rings. The van der Waals surface area contributed by atoms with Gasteiger partial charge in [-0.15, -0.1) is 9.24 Å². The van der Waals surface area contributed by atoms with E-state index in [-0.39, 0.29) is 0 Å². The molecule has 19 heavy (non-hydrogen) atoms. The molecule has 0 saturated heterocycles. The molecule has 0 aromatic heterocycles. The second kappa shape index (κ2) is 5.88. The van der Waals surface area contributed by atoms with E-state index in [0.29, 0.717) is 5.92 Å². The van der Waals surface area contributed by atoms with Crippen LogP contribution in [0.2, 0.25) is 0 Å². The predicted molar refractivity (Wildman–Crippen MR) is 88.3 cm³/mol. The minimum absolute atomic E-state index is 0.477. The Bertz CT molecular complexity index is 533. The van der Waals surface area contributed by atoms with Gasteiger partial charge in [-0.1, -0.05) is 36.4 Å². The average Bonchev–Trinajstić information content (AvgIpc) is 2.40. The molecule has 0 heterocycles. The van der Waals surface area contributed by atoms with E-state index in [4.69, 9.17) is 0 Å². The first kappa shape index (κ1) is 14.3. The highest BCUT2D eigenvalue weighted by atomic mass is 31.0. The van der Waals surface area contributed by atoms with E-state index in [9.17, 15) is 0 Å². The van der Waals surface area contributed by atoms with Gasteiger partial charge in [-0.05, 0) is 67.2 Å². The summed E-state index contributed by atoms with van der Waals surface area (Å²) in [6, 6.07) is 13.3. The summed E-state index contributed by atoms with van der Waals surface area (Å²) in [6.45, 7) is 8.87. The molecular weight excluding hydrogens is 247 g/mol. The minimum Gasteiger partial charge on any atom is -0.137 e. The van der Waals surface area contributed by atoms with Crippen molar-refractivity contribution in [2.45, 2.75) is 33.6 Å². The van der Waals surface area contributed by atoms with Crippen LogP contribution < -0.4 is 0 Å². The molecule has 0 aliphatic rings. The normalized spacial score (nSPS) is 11.1. The van der Waals surface area contributed by atoms with Gasteiger partial charge in [0.25, 0.3) is 0 Å². The maximum atomic E-state index is 2.92. The van der Waals surface area contributed by atoms with Crippen molar-refractivity contribution in [3.63, 3.8) is 0 Å². The molecule has 0 spiro atoms. The van der Waals surface area contributed by atoms with Crippen LogP contribution in [0.3, 0.4) is 0 Å². The quantitative estimate of drug-likeness (QED) is 0.694. The fraction of sp³-hybridized carbons (Fsp3) is 0.333. The van der Waals surface area contributed by atoms with E-state index in [1.807, 2.05) is 0 Å². The summed E-state index contributed by atoms with van der Waals surface area (Å²) in [7, 11) is 2.92. The molecule has 0 aliphatic heterocycles. The van der Waals surface area contributed by atoms with Gasteiger partial charge in [0.15, 0.2) is 0 Å².